The molecular weight excluding hydrogens is 224 g/mol. The van der Waals surface area contributed by atoms with Gasteiger partial charge in [0.25, 0.3) is 5.91 Å². The van der Waals surface area contributed by atoms with Crippen molar-refractivity contribution in [3.05, 3.63) is 54.4 Å². The first kappa shape index (κ1) is 12.4. The summed E-state index contributed by atoms with van der Waals surface area (Å²) in [7, 11) is 0. The topological polar surface area (TPSA) is 25.2 Å². The number of benzene rings is 1. The second-order valence-electron chi connectivity index (χ2n) is 4.12. The molecular formula is C15H18N2O. The smallest absolute Gasteiger partial charge is 0.253 e. The molecule has 1 heterocycles. The van der Waals surface area contributed by atoms with Crippen molar-refractivity contribution >= 4 is 5.91 Å². The highest BCUT2D eigenvalue weighted by molar-refractivity contribution is 5.94. The van der Waals surface area contributed by atoms with Gasteiger partial charge in [-0.3, -0.25) is 4.79 Å². The Bertz CT molecular complexity index is 513. The van der Waals surface area contributed by atoms with Gasteiger partial charge in [0, 0.05) is 36.7 Å². The molecule has 3 heteroatoms. The van der Waals surface area contributed by atoms with E-state index in [-0.39, 0.29) is 5.91 Å². The van der Waals surface area contributed by atoms with Crippen LogP contribution >= 0.6 is 0 Å². The zero-order valence-electron chi connectivity index (χ0n) is 10.8. The van der Waals surface area contributed by atoms with E-state index in [1.165, 1.54) is 0 Å². The van der Waals surface area contributed by atoms with E-state index < -0.39 is 0 Å². The van der Waals surface area contributed by atoms with E-state index in [9.17, 15) is 4.79 Å². The van der Waals surface area contributed by atoms with Crippen LogP contribution < -0.4 is 0 Å². The average molecular weight is 242 g/mol. The third kappa shape index (κ3) is 2.45. The summed E-state index contributed by atoms with van der Waals surface area (Å²) in [5.41, 5.74) is 1.75. The van der Waals surface area contributed by atoms with Gasteiger partial charge in [-0.05, 0) is 44.2 Å². The fraction of sp³-hybridized carbons (Fsp3) is 0.267. The fourth-order valence-electron chi connectivity index (χ4n) is 2.00. The van der Waals surface area contributed by atoms with Crippen molar-refractivity contribution in [1.82, 2.24) is 9.47 Å². The molecule has 0 aliphatic carbocycles. The highest BCUT2D eigenvalue weighted by Gasteiger charge is 2.12. The predicted molar refractivity (Wildman–Crippen MR) is 73.0 cm³/mol. The van der Waals surface area contributed by atoms with Gasteiger partial charge in [-0.2, -0.15) is 0 Å². The molecule has 18 heavy (non-hydrogen) atoms. The van der Waals surface area contributed by atoms with Crippen LogP contribution in [0, 0.1) is 0 Å². The molecule has 0 aliphatic rings. The summed E-state index contributed by atoms with van der Waals surface area (Å²) in [6.07, 6.45) is 3.95. The van der Waals surface area contributed by atoms with Crippen molar-refractivity contribution in [2.24, 2.45) is 0 Å². The van der Waals surface area contributed by atoms with E-state index >= 15 is 0 Å². The molecule has 0 bridgehead atoms. The van der Waals surface area contributed by atoms with Crippen molar-refractivity contribution in [2.75, 3.05) is 13.1 Å². The maximum Gasteiger partial charge on any atom is 0.253 e. The van der Waals surface area contributed by atoms with Crippen LogP contribution in [-0.4, -0.2) is 28.5 Å². The van der Waals surface area contributed by atoms with Crippen LogP contribution in [-0.2, 0) is 0 Å². The molecule has 0 atom stereocenters. The first-order valence-corrected chi connectivity index (χ1v) is 6.29. The standard InChI is InChI=1S/C15H18N2O/c1-3-16(4-2)15(18)13-8-7-9-14(12-13)17-10-5-6-11-17/h5-12H,3-4H2,1-2H3. The molecule has 0 fully saturated rings. The minimum absolute atomic E-state index is 0.0917. The summed E-state index contributed by atoms with van der Waals surface area (Å²) in [6.45, 7) is 5.47. The molecule has 1 amide bonds. The van der Waals surface area contributed by atoms with Crippen LogP contribution in [0.1, 0.15) is 24.2 Å². The molecule has 94 valence electrons. The van der Waals surface area contributed by atoms with E-state index in [0.29, 0.717) is 0 Å². The van der Waals surface area contributed by atoms with Crippen molar-refractivity contribution in [2.45, 2.75) is 13.8 Å². The minimum Gasteiger partial charge on any atom is -0.339 e. The quantitative estimate of drug-likeness (QED) is 0.809. The van der Waals surface area contributed by atoms with Crippen LogP contribution in [0.4, 0.5) is 0 Å². The molecule has 0 saturated heterocycles. The Morgan fingerprint density at radius 2 is 1.78 bits per heavy atom. The Hall–Kier alpha value is -2.03. The molecule has 1 aromatic heterocycles. The molecule has 0 saturated carbocycles. The number of aromatic nitrogens is 1. The zero-order chi connectivity index (χ0) is 13.0. The number of carbonyl (C=O) groups is 1. The van der Waals surface area contributed by atoms with Gasteiger partial charge in [0.05, 0.1) is 0 Å². The minimum atomic E-state index is 0.0917. The van der Waals surface area contributed by atoms with Crippen molar-refractivity contribution in [3.8, 4) is 5.69 Å². The normalized spacial score (nSPS) is 10.3. The molecule has 0 spiro atoms. The van der Waals surface area contributed by atoms with Crippen molar-refractivity contribution in [3.63, 3.8) is 0 Å². The van der Waals surface area contributed by atoms with Gasteiger partial charge in [-0.25, -0.2) is 0 Å². The summed E-state index contributed by atoms with van der Waals surface area (Å²) in [4.78, 5) is 14.1. The molecule has 0 unspecified atom stereocenters. The SMILES string of the molecule is CCN(CC)C(=O)c1cccc(-n2cccc2)c1. The number of hydrogen-bond donors (Lipinski definition) is 0. The third-order valence-electron chi connectivity index (χ3n) is 3.05. The van der Waals surface area contributed by atoms with Gasteiger partial charge >= 0.3 is 0 Å². The van der Waals surface area contributed by atoms with Gasteiger partial charge in [0.1, 0.15) is 0 Å². The highest BCUT2D eigenvalue weighted by atomic mass is 16.2. The second-order valence-corrected chi connectivity index (χ2v) is 4.12. The molecule has 3 nitrogen and oxygen atoms in total. The lowest BCUT2D eigenvalue weighted by Gasteiger charge is -2.19. The first-order valence-electron chi connectivity index (χ1n) is 6.29. The maximum absolute atomic E-state index is 12.2. The summed E-state index contributed by atoms with van der Waals surface area (Å²) >= 11 is 0. The van der Waals surface area contributed by atoms with Gasteiger partial charge in [-0.15, -0.1) is 0 Å². The molecule has 2 rings (SSSR count). The average Bonchev–Trinajstić information content (AvgIpc) is 2.94. The Kier molecular flexibility index (Phi) is 3.82. The number of nitrogens with zero attached hydrogens (tertiary/aromatic N) is 2. The summed E-state index contributed by atoms with van der Waals surface area (Å²) < 4.78 is 2.00. The van der Waals surface area contributed by atoms with Gasteiger partial charge in [0.15, 0.2) is 0 Å². The van der Waals surface area contributed by atoms with Crippen LogP contribution in [0.3, 0.4) is 0 Å². The fourth-order valence-corrected chi connectivity index (χ4v) is 2.00. The van der Waals surface area contributed by atoms with E-state index in [1.807, 2.05) is 72.1 Å². The molecule has 1 aromatic carbocycles. The Morgan fingerprint density at radius 1 is 1.11 bits per heavy atom. The number of amides is 1. The van der Waals surface area contributed by atoms with Crippen LogP contribution in [0.2, 0.25) is 0 Å². The predicted octanol–water partition coefficient (Wildman–Crippen LogP) is 2.96. The first-order chi connectivity index (χ1) is 8.76. The molecule has 0 aliphatic heterocycles. The van der Waals surface area contributed by atoms with Crippen LogP contribution in [0.15, 0.2) is 48.8 Å². The van der Waals surface area contributed by atoms with Crippen LogP contribution in [0.25, 0.3) is 5.69 Å². The Balaban J connectivity index is 2.30. The van der Waals surface area contributed by atoms with E-state index in [0.717, 1.165) is 24.3 Å². The number of rotatable bonds is 4. The summed E-state index contributed by atoms with van der Waals surface area (Å²) in [5.74, 6) is 0.0917. The Labute approximate surface area is 108 Å². The summed E-state index contributed by atoms with van der Waals surface area (Å²) in [6, 6.07) is 11.7. The van der Waals surface area contributed by atoms with Crippen molar-refractivity contribution in [1.29, 1.82) is 0 Å². The maximum atomic E-state index is 12.2. The molecule has 0 radical (unpaired) electrons. The van der Waals surface area contributed by atoms with Gasteiger partial charge in [-0.1, -0.05) is 6.07 Å². The zero-order valence-corrected chi connectivity index (χ0v) is 10.8. The lowest BCUT2D eigenvalue weighted by Crippen LogP contribution is -2.30. The number of hydrogen-bond acceptors (Lipinski definition) is 1. The lowest BCUT2D eigenvalue weighted by molar-refractivity contribution is 0.0773. The Morgan fingerprint density at radius 3 is 2.39 bits per heavy atom. The molecule has 0 N–H and O–H groups in total. The van der Waals surface area contributed by atoms with E-state index in [1.54, 1.807) is 0 Å². The monoisotopic (exact) mass is 242 g/mol. The largest absolute Gasteiger partial charge is 0.339 e. The van der Waals surface area contributed by atoms with Gasteiger partial charge in [0.2, 0.25) is 0 Å². The second kappa shape index (κ2) is 5.54. The van der Waals surface area contributed by atoms with Crippen LogP contribution in [0.5, 0.6) is 0 Å². The molecule has 2 aromatic rings. The van der Waals surface area contributed by atoms with Gasteiger partial charge < -0.3 is 9.47 Å². The highest BCUT2D eigenvalue weighted by Crippen LogP contribution is 2.12. The lowest BCUT2D eigenvalue weighted by atomic mass is 10.1. The summed E-state index contributed by atoms with van der Waals surface area (Å²) in [5, 5.41) is 0. The van der Waals surface area contributed by atoms with E-state index in [2.05, 4.69) is 0 Å². The number of carbonyl (C=O) groups excluding carboxylic acids is 1. The van der Waals surface area contributed by atoms with Crippen molar-refractivity contribution < 1.29 is 4.79 Å². The van der Waals surface area contributed by atoms with E-state index in [4.69, 9.17) is 0 Å². The third-order valence-corrected chi connectivity index (χ3v) is 3.05.